The molecule has 25 heavy (non-hydrogen) atoms. The standard InChI is InChI=1S/C17H12F3N3O2/c1-8-6-12-14(16(24)23-8)13(11(7-21)15(22)25-12)9-2-4-10(5-3-9)17(18,19)20/h2-6,13H,22H2,1H3,(H,23,24)/t13-/m1/s1. The molecule has 3 N–H and O–H groups in total. The minimum Gasteiger partial charge on any atom is -0.440 e. The van der Waals surface area contributed by atoms with Crippen LogP contribution in [0.1, 0.15) is 28.3 Å². The minimum atomic E-state index is -4.48. The summed E-state index contributed by atoms with van der Waals surface area (Å²) in [6.07, 6.45) is -4.48. The molecule has 3 rings (SSSR count). The highest BCUT2D eigenvalue weighted by atomic mass is 19.4. The third kappa shape index (κ3) is 2.85. The highest BCUT2D eigenvalue weighted by Crippen LogP contribution is 2.40. The lowest BCUT2D eigenvalue weighted by Gasteiger charge is -2.26. The normalized spacial score (nSPS) is 16.8. The number of H-pyrrole nitrogens is 1. The summed E-state index contributed by atoms with van der Waals surface area (Å²) in [4.78, 5) is 15.0. The van der Waals surface area contributed by atoms with E-state index in [0.717, 1.165) is 12.1 Å². The van der Waals surface area contributed by atoms with Gasteiger partial charge in [0.1, 0.15) is 17.4 Å². The van der Waals surface area contributed by atoms with Gasteiger partial charge in [-0.1, -0.05) is 12.1 Å². The SMILES string of the molecule is Cc1cc2c(c(=O)[nH]1)[C@H](c1ccc(C(F)(F)F)cc1)C(C#N)=C(N)O2. The van der Waals surface area contributed by atoms with Crippen molar-refractivity contribution < 1.29 is 17.9 Å². The van der Waals surface area contributed by atoms with E-state index < -0.39 is 23.2 Å². The van der Waals surface area contributed by atoms with Gasteiger partial charge in [-0.3, -0.25) is 4.79 Å². The topological polar surface area (TPSA) is 91.9 Å². The molecule has 2 aromatic rings. The number of nitrogens with one attached hydrogen (secondary N) is 1. The van der Waals surface area contributed by atoms with Gasteiger partial charge in [-0.15, -0.1) is 0 Å². The van der Waals surface area contributed by atoms with E-state index in [2.05, 4.69) is 4.98 Å². The number of nitriles is 1. The number of hydrogen-bond acceptors (Lipinski definition) is 4. The largest absolute Gasteiger partial charge is 0.440 e. The monoisotopic (exact) mass is 347 g/mol. The maximum Gasteiger partial charge on any atom is 0.416 e. The second-order valence-electron chi connectivity index (χ2n) is 5.60. The zero-order chi connectivity index (χ0) is 18.4. The third-order valence-corrected chi connectivity index (χ3v) is 3.92. The quantitative estimate of drug-likeness (QED) is 0.830. The molecule has 0 spiro atoms. The summed E-state index contributed by atoms with van der Waals surface area (Å²) in [7, 11) is 0. The Labute approximate surface area is 140 Å². The van der Waals surface area contributed by atoms with Crippen LogP contribution in [0.3, 0.4) is 0 Å². The van der Waals surface area contributed by atoms with E-state index in [1.54, 1.807) is 13.0 Å². The molecule has 0 amide bonds. The van der Waals surface area contributed by atoms with E-state index >= 15 is 0 Å². The molecule has 1 aliphatic rings. The number of hydrogen-bond donors (Lipinski definition) is 2. The van der Waals surface area contributed by atoms with Gasteiger partial charge in [0.05, 0.1) is 17.0 Å². The van der Waals surface area contributed by atoms with Gasteiger partial charge >= 0.3 is 6.18 Å². The van der Waals surface area contributed by atoms with E-state index in [4.69, 9.17) is 10.5 Å². The van der Waals surface area contributed by atoms with Crippen LogP contribution in [0.4, 0.5) is 13.2 Å². The first-order chi connectivity index (χ1) is 11.7. The molecule has 0 saturated heterocycles. The Morgan fingerprint density at radius 2 is 1.92 bits per heavy atom. The average Bonchev–Trinajstić information content (AvgIpc) is 2.52. The summed E-state index contributed by atoms with van der Waals surface area (Å²) in [6, 6.07) is 7.69. The van der Waals surface area contributed by atoms with Crippen molar-refractivity contribution in [3.05, 3.63) is 74.5 Å². The van der Waals surface area contributed by atoms with E-state index in [1.807, 2.05) is 6.07 Å². The van der Waals surface area contributed by atoms with Gasteiger partial charge in [0.25, 0.3) is 5.56 Å². The zero-order valence-corrected chi connectivity index (χ0v) is 12.9. The van der Waals surface area contributed by atoms with Crippen LogP contribution in [0, 0.1) is 18.3 Å². The van der Waals surface area contributed by atoms with Gasteiger partial charge in [-0.05, 0) is 24.6 Å². The van der Waals surface area contributed by atoms with Crippen LogP contribution in [0.2, 0.25) is 0 Å². The predicted octanol–water partition coefficient (Wildman–Crippen LogP) is 2.92. The van der Waals surface area contributed by atoms with Gasteiger partial charge in [0.15, 0.2) is 0 Å². The molecular weight excluding hydrogens is 335 g/mol. The number of alkyl halides is 3. The first-order valence-corrected chi connectivity index (χ1v) is 7.21. The number of rotatable bonds is 1. The molecule has 1 aromatic carbocycles. The molecule has 8 heteroatoms. The van der Waals surface area contributed by atoms with Gasteiger partial charge in [0.2, 0.25) is 5.88 Å². The zero-order valence-electron chi connectivity index (χ0n) is 12.9. The van der Waals surface area contributed by atoms with E-state index in [1.165, 1.54) is 12.1 Å². The first-order valence-electron chi connectivity index (χ1n) is 7.21. The van der Waals surface area contributed by atoms with Gasteiger partial charge in [0, 0.05) is 11.8 Å². The third-order valence-electron chi connectivity index (χ3n) is 3.92. The van der Waals surface area contributed by atoms with Crippen LogP contribution in [-0.4, -0.2) is 4.98 Å². The van der Waals surface area contributed by atoms with Crippen LogP contribution >= 0.6 is 0 Å². The molecule has 0 aliphatic carbocycles. The molecule has 2 heterocycles. The highest BCUT2D eigenvalue weighted by molar-refractivity contribution is 5.55. The van der Waals surface area contributed by atoms with Gasteiger partial charge in [-0.2, -0.15) is 18.4 Å². The number of aromatic amines is 1. The molecule has 0 radical (unpaired) electrons. The number of pyridine rings is 1. The summed E-state index contributed by atoms with van der Waals surface area (Å²) in [5.74, 6) is -0.895. The first kappa shape index (κ1) is 16.6. The smallest absolute Gasteiger partial charge is 0.416 e. The number of ether oxygens (including phenoxy) is 1. The van der Waals surface area contributed by atoms with Crippen molar-refractivity contribution in [3.63, 3.8) is 0 Å². The average molecular weight is 347 g/mol. The van der Waals surface area contributed by atoms with Crippen molar-refractivity contribution in [1.82, 2.24) is 4.98 Å². The number of fused-ring (bicyclic) bond motifs is 1. The molecule has 1 aromatic heterocycles. The molecule has 1 atom stereocenters. The molecule has 0 saturated carbocycles. The van der Waals surface area contributed by atoms with Gasteiger partial charge in [-0.25, -0.2) is 0 Å². The fourth-order valence-corrected chi connectivity index (χ4v) is 2.80. The van der Waals surface area contributed by atoms with Gasteiger partial charge < -0.3 is 15.5 Å². The van der Waals surface area contributed by atoms with Crippen molar-refractivity contribution in [2.45, 2.75) is 19.0 Å². The number of aryl methyl sites for hydroxylation is 1. The Kier molecular flexibility index (Phi) is 3.80. The number of benzene rings is 1. The van der Waals surface area contributed by atoms with E-state index in [-0.39, 0.29) is 22.8 Å². The summed E-state index contributed by atoms with van der Waals surface area (Å²) in [5.41, 5.74) is 5.44. The van der Waals surface area contributed by atoms with Crippen LogP contribution in [0.5, 0.6) is 5.75 Å². The van der Waals surface area contributed by atoms with Crippen LogP contribution in [0.15, 0.2) is 46.6 Å². The summed E-state index contributed by atoms with van der Waals surface area (Å²) < 4.78 is 43.6. The van der Waals surface area contributed by atoms with Crippen LogP contribution < -0.4 is 16.0 Å². The Morgan fingerprint density at radius 1 is 1.28 bits per heavy atom. The van der Waals surface area contributed by atoms with Crippen LogP contribution in [-0.2, 0) is 6.18 Å². The summed E-state index contributed by atoms with van der Waals surface area (Å²) >= 11 is 0. The second kappa shape index (κ2) is 5.70. The molecule has 0 fully saturated rings. The molecule has 0 bridgehead atoms. The lowest BCUT2D eigenvalue weighted by Crippen LogP contribution is -2.28. The van der Waals surface area contributed by atoms with E-state index in [0.29, 0.717) is 11.3 Å². The van der Waals surface area contributed by atoms with Crippen molar-refractivity contribution in [2.75, 3.05) is 0 Å². The Balaban J connectivity index is 2.21. The maximum atomic E-state index is 12.8. The lowest BCUT2D eigenvalue weighted by molar-refractivity contribution is -0.137. The minimum absolute atomic E-state index is 0.0263. The molecule has 128 valence electrons. The fourth-order valence-electron chi connectivity index (χ4n) is 2.80. The number of halogens is 3. The highest BCUT2D eigenvalue weighted by Gasteiger charge is 2.35. The second-order valence-corrected chi connectivity index (χ2v) is 5.60. The number of aromatic nitrogens is 1. The number of nitrogens with zero attached hydrogens (tertiary/aromatic N) is 1. The Hall–Kier alpha value is -3.21. The van der Waals surface area contributed by atoms with E-state index in [9.17, 15) is 23.2 Å². The number of allylic oxidation sites excluding steroid dienone is 1. The van der Waals surface area contributed by atoms with Crippen LogP contribution in [0.25, 0.3) is 0 Å². The molecule has 1 aliphatic heterocycles. The fraction of sp³-hybridized carbons (Fsp3) is 0.176. The summed E-state index contributed by atoms with van der Waals surface area (Å²) in [5, 5.41) is 9.39. The lowest BCUT2D eigenvalue weighted by atomic mass is 9.84. The van der Waals surface area contributed by atoms with Crippen molar-refractivity contribution in [2.24, 2.45) is 5.73 Å². The number of nitrogens with two attached hydrogens (primary N) is 1. The maximum absolute atomic E-state index is 12.8. The molecule has 5 nitrogen and oxygen atoms in total. The molecular formula is C17H12F3N3O2. The van der Waals surface area contributed by atoms with Crippen molar-refractivity contribution in [3.8, 4) is 11.8 Å². The molecule has 0 unspecified atom stereocenters. The summed E-state index contributed by atoms with van der Waals surface area (Å²) in [6.45, 7) is 1.65. The predicted molar refractivity (Wildman–Crippen MR) is 82.5 cm³/mol. The Morgan fingerprint density at radius 3 is 2.48 bits per heavy atom. The van der Waals surface area contributed by atoms with Crippen molar-refractivity contribution in [1.29, 1.82) is 5.26 Å². The Bertz CT molecular complexity index is 967. The van der Waals surface area contributed by atoms with Crippen molar-refractivity contribution >= 4 is 0 Å².